The summed E-state index contributed by atoms with van der Waals surface area (Å²) in [5.74, 6) is -0.312. The van der Waals surface area contributed by atoms with Gasteiger partial charge in [-0.05, 0) is 18.6 Å². The number of aliphatic hydroxyl groups excluding tert-OH is 1. The van der Waals surface area contributed by atoms with Gasteiger partial charge in [-0.1, -0.05) is 6.07 Å². The maximum Gasteiger partial charge on any atom is 0.326 e. The molecule has 0 radical (unpaired) electrons. The topological polar surface area (TPSA) is 73.7 Å². The smallest absolute Gasteiger partial charge is 0.326 e. The Morgan fingerprint density at radius 1 is 1.56 bits per heavy atom. The Morgan fingerprint density at radius 3 is 2.88 bits per heavy atom. The van der Waals surface area contributed by atoms with Crippen molar-refractivity contribution in [2.75, 3.05) is 11.4 Å². The molecule has 0 aliphatic carbocycles. The fraction of sp³-hybridized carbons (Fsp3) is 0.455. The monoisotopic (exact) mass is 222 g/mol. The van der Waals surface area contributed by atoms with Crippen LogP contribution in [0, 0.1) is 6.92 Å². The molecule has 2 unspecified atom stereocenters. The molecule has 1 saturated heterocycles. The number of anilines is 1. The fourth-order valence-electron chi connectivity index (χ4n) is 1.93. The van der Waals surface area contributed by atoms with Crippen molar-refractivity contribution < 1.29 is 15.0 Å². The maximum absolute atomic E-state index is 11.0. The van der Waals surface area contributed by atoms with Crippen LogP contribution in [0.1, 0.15) is 12.0 Å². The molecule has 1 aromatic heterocycles. The lowest BCUT2D eigenvalue weighted by Gasteiger charge is -2.21. The number of pyridine rings is 1. The molecule has 0 bridgehead atoms. The Balaban J connectivity index is 2.25. The second-order valence-corrected chi connectivity index (χ2v) is 4.09. The van der Waals surface area contributed by atoms with Gasteiger partial charge in [0, 0.05) is 19.2 Å². The average Bonchev–Trinajstić information content (AvgIpc) is 2.61. The fourth-order valence-corrected chi connectivity index (χ4v) is 1.93. The van der Waals surface area contributed by atoms with E-state index in [0.717, 1.165) is 5.56 Å². The van der Waals surface area contributed by atoms with Gasteiger partial charge >= 0.3 is 5.97 Å². The molecule has 1 fully saturated rings. The first-order valence-electron chi connectivity index (χ1n) is 5.18. The van der Waals surface area contributed by atoms with Gasteiger partial charge in [-0.2, -0.15) is 0 Å². The molecule has 1 aliphatic rings. The van der Waals surface area contributed by atoms with Gasteiger partial charge in [-0.15, -0.1) is 0 Å². The van der Waals surface area contributed by atoms with Gasteiger partial charge in [-0.25, -0.2) is 9.78 Å². The second-order valence-electron chi connectivity index (χ2n) is 4.09. The van der Waals surface area contributed by atoms with Gasteiger partial charge < -0.3 is 15.1 Å². The van der Waals surface area contributed by atoms with Crippen molar-refractivity contribution in [3.63, 3.8) is 0 Å². The van der Waals surface area contributed by atoms with Crippen LogP contribution in [0.25, 0.3) is 0 Å². The summed E-state index contributed by atoms with van der Waals surface area (Å²) in [6.07, 6.45) is 1.35. The molecule has 2 rings (SSSR count). The summed E-state index contributed by atoms with van der Waals surface area (Å²) in [6, 6.07) is 2.99. The highest BCUT2D eigenvalue weighted by Gasteiger charge is 2.36. The Morgan fingerprint density at radius 2 is 2.31 bits per heavy atom. The molecule has 0 saturated carbocycles. The molecule has 86 valence electrons. The van der Waals surface area contributed by atoms with Gasteiger partial charge in [0.05, 0.1) is 6.10 Å². The number of nitrogens with zero attached hydrogens (tertiary/aromatic N) is 2. The van der Waals surface area contributed by atoms with Crippen molar-refractivity contribution in [2.45, 2.75) is 25.5 Å². The van der Waals surface area contributed by atoms with Gasteiger partial charge in [0.1, 0.15) is 11.9 Å². The van der Waals surface area contributed by atoms with Crippen LogP contribution in [-0.4, -0.2) is 39.9 Å². The molecule has 1 aliphatic heterocycles. The normalized spacial score (nSPS) is 24.8. The number of hydrogen-bond donors (Lipinski definition) is 2. The number of carbonyl (C=O) groups is 1. The average molecular weight is 222 g/mol. The van der Waals surface area contributed by atoms with Crippen molar-refractivity contribution in [3.05, 3.63) is 23.9 Å². The van der Waals surface area contributed by atoms with Crippen molar-refractivity contribution in [2.24, 2.45) is 0 Å². The standard InChI is InChI=1S/C11H14N2O3/c1-7-2-3-10(12-5-7)13-6-8(14)4-9(13)11(15)16/h2-3,5,8-9,14H,4,6H2,1H3,(H,15,16). The zero-order chi connectivity index (χ0) is 11.7. The molecule has 2 atom stereocenters. The number of hydrogen-bond acceptors (Lipinski definition) is 4. The summed E-state index contributed by atoms with van der Waals surface area (Å²) >= 11 is 0. The summed E-state index contributed by atoms with van der Waals surface area (Å²) < 4.78 is 0. The summed E-state index contributed by atoms with van der Waals surface area (Å²) in [5.41, 5.74) is 1.02. The molecule has 2 N–H and O–H groups in total. The Kier molecular flexibility index (Phi) is 2.78. The minimum atomic E-state index is -0.918. The van der Waals surface area contributed by atoms with Crippen LogP contribution in [0.4, 0.5) is 5.82 Å². The van der Waals surface area contributed by atoms with E-state index in [1.807, 2.05) is 13.0 Å². The second kappa shape index (κ2) is 4.09. The first-order chi connectivity index (χ1) is 7.58. The highest BCUT2D eigenvalue weighted by atomic mass is 16.4. The van der Waals surface area contributed by atoms with Crippen LogP contribution in [0.2, 0.25) is 0 Å². The molecule has 0 aromatic carbocycles. The molecule has 5 nitrogen and oxygen atoms in total. The molecule has 1 aromatic rings. The molecule has 16 heavy (non-hydrogen) atoms. The van der Waals surface area contributed by atoms with E-state index in [4.69, 9.17) is 5.11 Å². The lowest BCUT2D eigenvalue weighted by Crippen LogP contribution is -2.36. The van der Waals surface area contributed by atoms with Crippen LogP contribution in [0.15, 0.2) is 18.3 Å². The van der Waals surface area contributed by atoms with Gasteiger partial charge in [0.2, 0.25) is 0 Å². The molecular weight excluding hydrogens is 208 g/mol. The van der Waals surface area contributed by atoms with Crippen molar-refractivity contribution in [1.82, 2.24) is 4.98 Å². The van der Waals surface area contributed by atoms with E-state index in [1.54, 1.807) is 17.2 Å². The van der Waals surface area contributed by atoms with Crippen molar-refractivity contribution >= 4 is 11.8 Å². The quantitative estimate of drug-likeness (QED) is 0.758. The van der Waals surface area contributed by atoms with Crippen LogP contribution in [0.5, 0.6) is 0 Å². The van der Waals surface area contributed by atoms with Gasteiger partial charge in [0.15, 0.2) is 0 Å². The largest absolute Gasteiger partial charge is 0.480 e. The van der Waals surface area contributed by atoms with E-state index in [1.165, 1.54) is 0 Å². The van der Waals surface area contributed by atoms with E-state index in [-0.39, 0.29) is 6.42 Å². The molecule has 2 heterocycles. The lowest BCUT2D eigenvalue weighted by atomic mass is 10.2. The van der Waals surface area contributed by atoms with E-state index >= 15 is 0 Å². The number of carboxylic acid groups (broad SMARTS) is 1. The minimum Gasteiger partial charge on any atom is -0.480 e. The Labute approximate surface area is 93.3 Å². The number of β-amino-alcohol motifs (C(OH)–C–C–N with tert-alkyl or cyclic N) is 1. The predicted molar refractivity (Wildman–Crippen MR) is 58.4 cm³/mol. The van der Waals surface area contributed by atoms with E-state index < -0.39 is 18.1 Å². The molecule has 5 heteroatoms. The summed E-state index contributed by atoms with van der Waals surface area (Å²) in [6.45, 7) is 2.25. The van der Waals surface area contributed by atoms with Crippen LogP contribution >= 0.6 is 0 Å². The summed E-state index contributed by atoms with van der Waals surface area (Å²) in [7, 11) is 0. The SMILES string of the molecule is Cc1ccc(N2CC(O)CC2C(=O)O)nc1. The molecule has 0 amide bonds. The number of carboxylic acids is 1. The van der Waals surface area contributed by atoms with Gasteiger partial charge in [0.25, 0.3) is 0 Å². The Bertz CT molecular complexity index is 391. The third kappa shape index (κ3) is 1.99. The van der Waals surface area contributed by atoms with Crippen molar-refractivity contribution in [3.8, 4) is 0 Å². The first-order valence-corrected chi connectivity index (χ1v) is 5.18. The maximum atomic E-state index is 11.0. The highest BCUT2D eigenvalue weighted by molar-refractivity contribution is 5.78. The van der Waals surface area contributed by atoms with Crippen molar-refractivity contribution in [1.29, 1.82) is 0 Å². The van der Waals surface area contributed by atoms with Crippen LogP contribution < -0.4 is 4.90 Å². The minimum absolute atomic E-state index is 0.255. The summed E-state index contributed by atoms with van der Waals surface area (Å²) in [5, 5.41) is 18.5. The number of aliphatic hydroxyl groups is 1. The molecule has 0 spiro atoms. The lowest BCUT2D eigenvalue weighted by molar-refractivity contribution is -0.138. The number of aliphatic carboxylic acids is 1. The third-order valence-electron chi connectivity index (χ3n) is 2.75. The van der Waals surface area contributed by atoms with E-state index in [9.17, 15) is 9.90 Å². The molecular formula is C11H14N2O3. The predicted octanol–water partition coefficient (Wildman–Crippen LogP) is 0.414. The first kappa shape index (κ1) is 10.9. The number of rotatable bonds is 2. The summed E-state index contributed by atoms with van der Waals surface area (Å²) in [4.78, 5) is 16.8. The third-order valence-corrected chi connectivity index (χ3v) is 2.75. The van der Waals surface area contributed by atoms with E-state index in [0.29, 0.717) is 12.4 Å². The Hall–Kier alpha value is -1.62. The van der Waals surface area contributed by atoms with Crippen LogP contribution in [0.3, 0.4) is 0 Å². The zero-order valence-corrected chi connectivity index (χ0v) is 9.00. The zero-order valence-electron chi connectivity index (χ0n) is 9.00. The number of aryl methyl sites for hydroxylation is 1. The highest BCUT2D eigenvalue weighted by Crippen LogP contribution is 2.24. The van der Waals surface area contributed by atoms with E-state index in [2.05, 4.69) is 4.98 Å². The number of aromatic nitrogens is 1. The van der Waals surface area contributed by atoms with Gasteiger partial charge in [-0.3, -0.25) is 0 Å². The van der Waals surface area contributed by atoms with Crippen LogP contribution in [-0.2, 0) is 4.79 Å².